The van der Waals surface area contributed by atoms with Crippen LogP contribution in [0.1, 0.15) is 24.2 Å². The quantitative estimate of drug-likeness (QED) is 0.655. The zero-order valence-electron chi connectivity index (χ0n) is 11.3. The highest BCUT2D eigenvalue weighted by molar-refractivity contribution is 5.98. The van der Waals surface area contributed by atoms with E-state index in [4.69, 9.17) is 4.74 Å². The van der Waals surface area contributed by atoms with Crippen molar-refractivity contribution >= 4 is 11.6 Å². The minimum atomic E-state index is -0.625. The molecule has 2 rings (SSSR count). The van der Waals surface area contributed by atoms with Crippen LogP contribution in [0, 0.1) is 10.1 Å². The molecule has 0 aliphatic carbocycles. The van der Waals surface area contributed by atoms with Crippen molar-refractivity contribution in [3.05, 3.63) is 33.9 Å². The summed E-state index contributed by atoms with van der Waals surface area (Å²) in [6, 6.07) is 3.46. The molecule has 1 N–H and O–H groups in total. The molecule has 7 nitrogen and oxygen atoms in total. The van der Waals surface area contributed by atoms with Crippen molar-refractivity contribution in [2.75, 3.05) is 13.1 Å². The molecule has 1 aliphatic rings. The molecular weight excluding hydrogens is 264 g/mol. The number of morpholine rings is 1. The number of phenolic OH excluding ortho intramolecular Hbond substituents is 1. The van der Waals surface area contributed by atoms with Gasteiger partial charge in [-0.05, 0) is 26.0 Å². The molecule has 7 heteroatoms. The minimum absolute atomic E-state index is 0.101. The van der Waals surface area contributed by atoms with Gasteiger partial charge in [0.05, 0.1) is 17.1 Å². The third kappa shape index (κ3) is 2.88. The first-order valence-corrected chi connectivity index (χ1v) is 6.30. The molecule has 0 bridgehead atoms. The Bertz CT molecular complexity index is 536. The van der Waals surface area contributed by atoms with Crippen molar-refractivity contribution in [3.8, 4) is 5.75 Å². The lowest BCUT2D eigenvalue weighted by Gasteiger charge is -2.35. The third-order valence-electron chi connectivity index (χ3n) is 3.11. The Hall–Kier alpha value is -2.15. The fourth-order valence-electron chi connectivity index (χ4n) is 2.37. The van der Waals surface area contributed by atoms with Gasteiger partial charge in [0.25, 0.3) is 11.6 Å². The number of carbonyl (C=O) groups is 1. The van der Waals surface area contributed by atoms with E-state index in [1.165, 1.54) is 11.0 Å². The largest absolute Gasteiger partial charge is 0.508 e. The number of benzene rings is 1. The van der Waals surface area contributed by atoms with Crippen molar-refractivity contribution in [2.45, 2.75) is 26.1 Å². The van der Waals surface area contributed by atoms with Crippen molar-refractivity contribution in [1.29, 1.82) is 0 Å². The standard InChI is InChI=1S/C13H16N2O5/c1-8-6-14(7-9(2)20-8)13(17)11-5-10(16)3-4-12(11)15(18)19/h3-5,8-9,16H,6-7H2,1-2H3/t8-,9+. The highest BCUT2D eigenvalue weighted by atomic mass is 16.6. The predicted octanol–water partition coefficient (Wildman–Crippen LogP) is 1.55. The van der Waals surface area contributed by atoms with Gasteiger partial charge >= 0.3 is 0 Å². The fraction of sp³-hybridized carbons (Fsp3) is 0.462. The Morgan fingerprint density at radius 1 is 1.40 bits per heavy atom. The Kier molecular flexibility index (Phi) is 3.89. The van der Waals surface area contributed by atoms with Crippen molar-refractivity contribution in [1.82, 2.24) is 4.90 Å². The molecule has 0 aromatic heterocycles. The molecule has 0 saturated carbocycles. The maximum atomic E-state index is 12.4. The molecule has 1 aromatic rings. The zero-order valence-corrected chi connectivity index (χ0v) is 11.3. The van der Waals surface area contributed by atoms with Crippen LogP contribution in [0.25, 0.3) is 0 Å². The molecule has 1 heterocycles. The predicted molar refractivity (Wildman–Crippen MR) is 70.7 cm³/mol. The SMILES string of the molecule is C[C@@H]1CN(C(=O)c2cc(O)ccc2[N+](=O)[O-])C[C@H](C)O1. The Labute approximate surface area is 115 Å². The summed E-state index contributed by atoms with van der Waals surface area (Å²) in [6.07, 6.45) is -0.252. The molecule has 0 radical (unpaired) electrons. The van der Waals surface area contributed by atoms with Crippen LogP contribution in [0.3, 0.4) is 0 Å². The summed E-state index contributed by atoms with van der Waals surface area (Å²) in [6.45, 7) is 4.42. The van der Waals surface area contributed by atoms with Crippen LogP contribution in [0.4, 0.5) is 5.69 Å². The molecule has 0 spiro atoms. The summed E-state index contributed by atoms with van der Waals surface area (Å²) >= 11 is 0. The topological polar surface area (TPSA) is 92.9 Å². The lowest BCUT2D eigenvalue weighted by molar-refractivity contribution is -0.385. The number of nitro groups is 1. The molecule has 1 aliphatic heterocycles. The lowest BCUT2D eigenvalue weighted by Crippen LogP contribution is -2.48. The second kappa shape index (κ2) is 5.46. The van der Waals surface area contributed by atoms with Gasteiger partial charge in [-0.1, -0.05) is 0 Å². The first-order chi connectivity index (χ1) is 9.38. The minimum Gasteiger partial charge on any atom is -0.508 e. The molecule has 1 saturated heterocycles. The number of nitro benzene ring substituents is 1. The molecule has 1 aromatic carbocycles. The summed E-state index contributed by atoms with van der Waals surface area (Å²) in [5.74, 6) is -0.636. The van der Waals surface area contributed by atoms with Crippen molar-refractivity contribution in [3.63, 3.8) is 0 Å². The number of aromatic hydroxyl groups is 1. The Morgan fingerprint density at radius 2 is 2.00 bits per heavy atom. The number of hydrogen-bond acceptors (Lipinski definition) is 5. The van der Waals surface area contributed by atoms with Crippen LogP contribution in [0.15, 0.2) is 18.2 Å². The van der Waals surface area contributed by atoms with E-state index in [9.17, 15) is 20.0 Å². The van der Waals surface area contributed by atoms with Crippen LogP contribution >= 0.6 is 0 Å². The number of rotatable bonds is 2. The van der Waals surface area contributed by atoms with Gasteiger partial charge in [0.1, 0.15) is 11.3 Å². The second-order valence-electron chi connectivity index (χ2n) is 4.93. The molecule has 20 heavy (non-hydrogen) atoms. The molecule has 108 valence electrons. The maximum absolute atomic E-state index is 12.4. The van der Waals surface area contributed by atoms with Gasteiger partial charge in [-0.25, -0.2) is 0 Å². The van der Waals surface area contributed by atoms with Crippen LogP contribution in [0.5, 0.6) is 5.75 Å². The van der Waals surface area contributed by atoms with E-state index in [0.29, 0.717) is 13.1 Å². The molecule has 2 atom stereocenters. The van der Waals surface area contributed by atoms with E-state index >= 15 is 0 Å². The first-order valence-electron chi connectivity index (χ1n) is 6.30. The lowest BCUT2D eigenvalue weighted by atomic mass is 10.1. The summed E-state index contributed by atoms with van der Waals surface area (Å²) in [5, 5.41) is 20.4. The van der Waals surface area contributed by atoms with Crippen LogP contribution in [-0.4, -0.2) is 46.1 Å². The highest BCUT2D eigenvalue weighted by Gasteiger charge is 2.30. The van der Waals surface area contributed by atoms with E-state index in [2.05, 4.69) is 0 Å². The number of phenols is 1. The fourth-order valence-corrected chi connectivity index (χ4v) is 2.37. The van der Waals surface area contributed by atoms with Gasteiger partial charge in [0.2, 0.25) is 0 Å². The van der Waals surface area contributed by atoms with E-state index in [0.717, 1.165) is 12.1 Å². The van der Waals surface area contributed by atoms with Gasteiger partial charge < -0.3 is 14.7 Å². The average Bonchev–Trinajstić information content (AvgIpc) is 2.36. The summed E-state index contributed by atoms with van der Waals surface area (Å²) < 4.78 is 5.53. The van der Waals surface area contributed by atoms with E-state index in [1.54, 1.807) is 0 Å². The molecule has 0 unspecified atom stereocenters. The number of hydrogen-bond donors (Lipinski definition) is 1. The molecule has 1 fully saturated rings. The zero-order chi connectivity index (χ0) is 14.9. The van der Waals surface area contributed by atoms with Crippen LogP contribution < -0.4 is 0 Å². The Morgan fingerprint density at radius 3 is 2.55 bits per heavy atom. The Balaban J connectivity index is 2.33. The normalized spacial score (nSPS) is 22.6. The first kappa shape index (κ1) is 14.3. The average molecular weight is 280 g/mol. The van der Waals surface area contributed by atoms with E-state index in [1.807, 2.05) is 13.8 Å². The van der Waals surface area contributed by atoms with Gasteiger partial charge in [-0.3, -0.25) is 14.9 Å². The summed E-state index contributed by atoms with van der Waals surface area (Å²) in [7, 11) is 0. The number of nitrogens with zero attached hydrogens (tertiary/aromatic N) is 2. The summed E-state index contributed by atoms with van der Waals surface area (Å²) in [4.78, 5) is 24.3. The maximum Gasteiger partial charge on any atom is 0.282 e. The van der Waals surface area contributed by atoms with Gasteiger partial charge in [0, 0.05) is 19.2 Å². The van der Waals surface area contributed by atoms with E-state index < -0.39 is 10.8 Å². The van der Waals surface area contributed by atoms with Gasteiger partial charge in [-0.15, -0.1) is 0 Å². The summed E-state index contributed by atoms with van der Waals surface area (Å²) in [5.41, 5.74) is -0.407. The smallest absolute Gasteiger partial charge is 0.282 e. The number of ether oxygens (including phenoxy) is 1. The third-order valence-corrected chi connectivity index (χ3v) is 3.11. The molecule has 1 amide bonds. The van der Waals surface area contributed by atoms with Crippen molar-refractivity contribution < 1.29 is 19.6 Å². The van der Waals surface area contributed by atoms with Gasteiger partial charge in [0.15, 0.2) is 0 Å². The van der Waals surface area contributed by atoms with Crippen LogP contribution in [0.2, 0.25) is 0 Å². The second-order valence-corrected chi connectivity index (χ2v) is 4.93. The molecular formula is C13H16N2O5. The monoisotopic (exact) mass is 280 g/mol. The van der Waals surface area contributed by atoms with E-state index in [-0.39, 0.29) is 29.2 Å². The number of carbonyl (C=O) groups excluding carboxylic acids is 1. The number of amides is 1. The van der Waals surface area contributed by atoms with Gasteiger partial charge in [-0.2, -0.15) is 0 Å². The highest BCUT2D eigenvalue weighted by Crippen LogP contribution is 2.25. The van der Waals surface area contributed by atoms with Crippen LogP contribution in [-0.2, 0) is 4.74 Å². The van der Waals surface area contributed by atoms with Crippen molar-refractivity contribution in [2.24, 2.45) is 0 Å².